The van der Waals surface area contributed by atoms with Gasteiger partial charge >= 0.3 is 0 Å². The molecule has 0 spiro atoms. The Morgan fingerprint density at radius 2 is 2.00 bits per heavy atom. The van der Waals surface area contributed by atoms with E-state index in [1.807, 2.05) is 24.3 Å². The first-order chi connectivity index (χ1) is 8.33. The van der Waals surface area contributed by atoms with Gasteiger partial charge in [0, 0.05) is 5.39 Å². The number of nitrogens with zero attached hydrogens (tertiary/aromatic N) is 1. The summed E-state index contributed by atoms with van der Waals surface area (Å²) in [6.45, 7) is 2.18. The van der Waals surface area contributed by atoms with Crippen LogP contribution in [0, 0.1) is 0 Å². The summed E-state index contributed by atoms with van der Waals surface area (Å²) in [5.41, 5.74) is 1.56. The minimum absolute atomic E-state index is 0.0795. The van der Waals surface area contributed by atoms with Crippen LogP contribution in [-0.2, 0) is 6.42 Å². The molecule has 0 amide bonds. The second-order valence-electron chi connectivity index (χ2n) is 4.36. The highest BCUT2D eigenvalue weighted by Crippen LogP contribution is 2.07. The highest BCUT2D eigenvalue weighted by Gasteiger charge is 2.05. The summed E-state index contributed by atoms with van der Waals surface area (Å²) >= 11 is 0. The van der Waals surface area contributed by atoms with Crippen molar-refractivity contribution in [2.45, 2.75) is 39.0 Å². The fraction of sp³-hybridized carbons (Fsp3) is 0.429. The lowest BCUT2D eigenvalue weighted by Gasteiger charge is -2.02. The van der Waals surface area contributed by atoms with Crippen LogP contribution in [0.25, 0.3) is 10.9 Å². The van der Waals surface area contributed by atoms with E-state index in [9.17, 15) is 4.79 Å². The summed E-state index contributed by atoms with van der Waals surface area (Å²) in [7, 11) is 0. The summed E-state index contributed by atoms with van der Waals surface area (Å²) in [6, 6.07) is 7.52. The molecule has 1 N–H and O–H groups in total. The van der Waals surface area contributed by atoms with Crippen LogP contribution < -0.4 is 5.43 Å². The molecule has 0 unspecified atom stereocenters. The normalized spacial score (nSPS) is 10.9. The molecule has 0 saturated carbocycles. The summed E-state index contributed by atoms with van der Waals surface area (Å²) in [5.74, 6) is 0. The molecule has 17 heavy (non-hydrogen) atoms. The maximum atomic E-state index is 12.1. The third-order valence-electron chi connectivity index (χ3n) is 3.01. The van der Waals surface area contributed by atoms with Crippen LogP contribution >= 0.6 is 0 Å². The van der Waals surface area contributed by atoms with Gasteiger partial charge in [-0.15, -0.1) is 0 Å². The number of nitrogens with one attached hydrogen (secondary N) is 1. The largest absolute Gasteiger partial charge is 0.287 e. The Morgan fingerprint density at radius 3 is 2.82 bits per heavy atom. The van der Waals surface area contributed by atoms with Crippen molar-refractivity contribution in [3.8, 4) is 0 Å². The Balaban J connectivity index is 2.18. The quantitative estimate of drug-likeness (QED) is 0.802. The van der Waals surface area contributed by atoms with Gasteiger partial charge in [-0.05, 0) is 25.0 Å². The molecule has 0 aliphatic rings. The lowest BCUT2D eigenvalue weighted by atomic mass is 10.1. The number of H-pyrrole nitrogens is 1. The minimum Gasteiger partial charge on any atom is -0.287 e. The second kappa shape index (κ2) is 5.62. The zero-order valence-electron chi connectivity index (χ0n) is 10.2. The fourth-order valence-corrected chi connectivity index (χ4v) is 2.00. The van der Waals surface area contributed by atoms with Crippen LogP contribution in [0.4, 0.5) is 0 Å². The van der Waals surface area contributed by atoms with E-state index in [-0.39, 0.29) is 5.43 Å². The van der Waals surface area contributed by atoms with E-state index < -0.39 is 0 Å². The molecule has 1 aromatic carbocycles. The number of para-hydroxylation sites is 1. The Labute approximate surface area is 101 Å². The molecule has 2 rings (SSSR count). The van der Waals surface area contributed by atoms with E-state index in [0.717, 1.165) is 23.7 Å². The number of rotatable bonds is 5. The number of aryl methyl sites for hydroxylation is 1. The first kappa shape index (κ1) is 11.8. The highest BCUT2D eigenvalue weighted by atomic mass is 16.1. The Bertz CT molecular complexity index is 545. The van der Waals surface area contributed by atoms with E-state index >= 15 is 0 Å². The molecule has 1 heterocycles. The van der Waals surface area contributed by atoms with Gasteiger partial charge in [-0.2, -0.15) is 5.10 Å². The van der Waals surface area contributed by atoms with Gasteiger partial charge in [0.1, 0.15) is 5.69 Å². The van der Waals surface area contributed by atoms with Crippen LogP contribution in [0.15, 0.2) is 29.1 Å². The third-order valence-corrected chi connectivity index (χ3v) is 3.01. The van der Waals surface area contributed by atoms with E-state index in [1.54, 1.807) is 0 Å². The van der Waals surface area contributed by atoms with Crippen molar-refractivity contribution >= 4 is 10.9 Å². The first-order valence-corrected chi connectivity index (χ1v) is 6.29. The average molecular weight is 230 g/mol. The van der Waals surface area contributed by atoms with Crippen molar-refractivity contribution in [3.05, 3.63) is 40.2 Å². The van der Waals surface area contributed by atoms with E-state index in [1.165, 1.54) is 19.3 Å². The topological polar surface area (TPSA) is 45.8 Å². The van der Waals surface area contributed by atoms with Crippen LogP contribution in [0.1, 0.15) is 38.3 Å². The lowest BCUT2D eigenvalue weighted by Crippen LogP contribution is -2.13. The molecular formula is C14H18N2O. The van der Waals surface area contributed by atoms with Gasteiger partial charge in [-0.25, -0.2) is 0 Å². The fourth-order valence-electron chi connectivity index (χ4n) is 2.00. The molecule has 90 valence electrons. The molecule has 3 heteroatoms. The molecule has 2 aromatic rings. The van der Waals surface area contributed by atoms with Crippen molar-refractivity contribution < 1.29 is 0 Å². The van der Waals surface area contributed by atoms with Crippen LogP contribution in [0.3, 0.4) is 0 Å². The smallest absolute Gasteiger partial charge is 0.211 e. The average Bonchev–Trinajstić information content (AvgIpc) is 2.37. The minimum atomic E-state index is 0.0795. The lowest BCUT2D eigenvalue weighted by molar-refractivity contribution is 0.655. The van der Waals surface area contributed by atoms with Crippen molar-refractivity contribution in [2.24, 2.45) is 0 Å². The van der Waals surface area contributed by atoms with Gasteiger partial charge in [0.15, 0.2) is 0 Å². The van der Waals surface area contributed by atoms with Crippen molar-refractivity contribution in [1.29, 1.82) is 0 Å². The molecule has 0 aliphatic carbocycles. The van der Waals surface area contributed by atoms with E-state index in [0.29, 0.717) is 5.69 Å². The Morgan fingerprint density at radius 1 is 1.18 bits per heavy atom. The number of benzene rings is 1. The number of hydrogen-bond donors (Lipinski definition) is 1. The molecule has 0 saturated heterocycles. The molecular weight excluding hydrogens is 212 g/mol. The molecule has 0 fully saturated rings. The first-order valence-electron chi connectivity index (χ1n) is 6.29. The predicted octanol–water partition coefficient (Wildman–Crippen LogP) is 3.05. The van der Waals surface area contributed by atoms with Gasteiger partial charge in [-0.1, -0.05) is 38.3 Å². The zero-order valence-corrected chi connectivity index (χ0v) is 10.2. The number of aromatic nitrogens is 2. The number of fused-ring (bicyclic) bond motifs is 1. The summed E-state index contributed by atoms with van der Waals surface area (Å²) in [5, 5.41) is 7.86. The van der Waals surface area contributed by atoms with Gasteiger partial charge in [0.25, 0.3) is 0 Å². The third kappa shape index (κ3) is 2.73. The molecule has 1 aromatic heterocycles. The number of aromatic amines is 1. The van der Waals surface area contributed by atoms with Crippen molar-refractivity contribution in [3.63, 3.8) is 0 Å². The van der Waals surface area contributed by atoms with Crippen molar-refractivity contribution in [1.82, 2.24) is 10.2 Å². The zero-order chi connectivity index (χ0) is 12.1. The van der Waals surface area contributed by atoms with Crippen LogP contribution in [-0.4, -0.2) is 10.2 Å². The van der Waals surface area contributed by atoms with Crippen LogP contribution in [0.5, 0.6) is 0 Å². The monoisotopic (exact) mass is 230 g/mol. The van der Waals surface area contributed by atoms with Gasteiger partial charge in [0.05, 0.1) is 5.52 Å². The molecule has 0 bridgehead atoms. The SMILES string of the molecule is CCCCCCc1n[nH]c2ccccc2c1=O. The number of unbranched alkanes of at least 4 members (excludes halogenated alkanes) is 3. The summed E-state index contributed by atoms with van der Waals surface area (Å²) < 4.78 is 0. The number of hydrogen-bond acceptors (Lipinski definition) is 2. The van der Waals surface area contributed by atoms with Crippen molar-refractivity contribution in [2.75, 3.05) is 0 Å². The van der Waals surface area contributed by atoms with E-state index in [4.69, 9.17) is 0 Å². The molecule has 3 nitrogen and oxygen atoms in total. The summed E-state index contributed by atoms with van der Waals surface area (Å²) in [4.78, 5) is 12.1. The summed E-state index contributed by atoms with van der Waals surface area (Å²) in [6.07, 6.45) is 5.43. The predicted molar refractivity (Wildman–Crippen MR) is 70.2 cm³/mol. The molecule has 0 aliphatic heterocycles. The molecule has 0 atom stereocenters. The van der Waals surface area contributed by atoms with Gasteiger partial charge in [0.2, 0.25) is 5.43 Å². The molecule has 0 radical (unpaired) electrons. The Hall–Kier alpha value is -1.64. The van der Waals surface area contributed by atoms with Crippen LogP contribution in [0.2, 0.25) is 0 Å². The Kier molecular flexibility index (Phi) is 3.91. The van der Waals surface area contributed by atoms with Gasteiger partial charge in [-0.3, -0.25) is 9.89 Å². The van der Waals surface area contributed by atoms with E-state index in [2.05, 4.69) is 17.1 Å². The highest BCUT2D eigenvalue weighted by molar-refractivity contribution is 5.77. The van der Waals surface area contributed by atoms with Gasteiger partial charge < -0.3 is 0 Å². The second-order valence-corrected chi connectivity index (χ2v) is 4.36. The maximum Gasteiger partial charge on any atom is 0.211 e. The standard InChI is InChI=1S/C14H18N2O/c1-2-3-4-5-10-13-14(17)11-8-6-7-9-12(11)15-16-13/h6-9H,2-5,10H2,1H3,(H,15,17). The maximum absolute atomic E-state index is 12.1.